The van der Waals surface area contributed by atoms with E-state index in [2.05, 4.69) is 16.3 Å². The lowest BCUT2D eigenvalue weighted by Crippen LogP contribution is -2.35. The fourth-order valence-corrected chi connectivity index (χ4v) is 2.88. The molecule has 0 radical (unpaired) electrons. The van der Waals surface area contributed by atoms with Crippen molar-refractivity contribution in [2.45, 2.75) is 20.3 Å². The minimum atomic E-state index is -0.207. The van der Waals surface area contributed by atoms with Crippen molar-refractivity contribution in [3.8, 4) is 23.3 Å². The Balaban J connectivity index is 1.69. The third-order valence-electron chi connectivity index (χ3n) is 4.09. The molecule has 7 nitrogen and oxygen atoms in total. The first-order chi connectivity index (χ1) is 13.6. The van der Waals surface area contributed by atoms with Gasteiger partial charge in [0.25, 0.3) is 5.91 Å². The van der Waals surface area contributed by atoms with Crippen LogP contribution < -0.4 is 9.64 Å². The van der Waals surface area contributed by atoms with Gasteiger partial charge in [-0.3, -0.25) is 4.79 Å². The van der Waals surface area contributed by atoms with E-state index in [0.29, 0.717) is 18.2 Å². The standard InChI is InChI=1S/C21H20N4O3/c1-15-10-16(2)12-18(11-15)25(9-3-8-22)20(26)13-27-19-6-4-17(5-7-19)21-24-23-14-28-21/h4-7,10-12,14H,3,9,13H2,1-2H3. The number of nitrogens with zero attached hydrogens (tertiary/aromatic N) is 4. The molecule has 0 fully saturated rings. The van der Waals surface area contributed by atoms with Crippen molar-refractivity contribution in [3.05, 3.63) is 60.0 Å². The van der Waals surface area contributed by atoms with E-state index in [0.717, 1.165) is 22.4 Å². The molecule has 0 saturated carbocycles. The Morgan fingerprint density at radius 1 is 1.18 bits per heavy atom. The minimum Gasteiger partial charge on any atom is -0.484 e. The molecule has 0 unspecified atom stereocenters. The van der Waals surface area contributed by atoms with Gasteiger partial charge in [0.05, 0.1) is 12.5 Å². The van der Waals surface area contributed by atoms with Crippen molar-refractivity contribution in [3.63, 3.8) is 0 Å². The van der Waals surface area contributed by atoms with Crippen LogP contribution in [0.15, 0.2) is 53.3 Å². The molecule has 0 aliphatic carbocycles. The van der Waals surface area contributed by atoms with Crippen molar-refractivity contribution < 1.29 is 13.9 Å². The van der Waals surface area contributed by atoms with E-state index in [4.69, 9.17) is 14.4 Å². The van der Waals surface area contributed by atoms with Gasteiger partial charge in [0, 0.05) is 17.8 Å². The van der Waals surface area contributed by atoms with Gasteiger partial charge in [-0.2, -0.15) is 5.26 Å². The lowest BCUT2D eigenvalue weighted by molar-refractivity contribution is -0.120. The van der Waals surface area contributed by atoms with E-state index in [-0.39, 0.29) is 18.9 Å². The molecular formula is C21H20N4O3. The Kier molecular flexibility index (Phi) is 6.02. The molecule has 0 N–H and O–H groups in total. The molecule has 2 aromatic carbocycles. The summed E-state index contributed by atoms with van der Waals surface area (Å²) in [6.07, 6.45) is 1.51. The van der Waals surface area contributed by atoms with E-state index in [1.165, 1.54) is 6.39 Å². The summed E-state index contributed by atoms with van der Waals surface area (Å²) in [6.45, 7) is 4.14. The first-order valence-corrected chi connectivity index (χ1v) is 8.82. The Hall–Kier alpha value is -3.66. The Bertz CT molecular complexity index is 956. The van der Waals surface area contributed by atoms with Gasteiger partial charge < -0.3 is 14.1 Å². The molecule has 142 valence electrons. The number of carbonyl (C=O) groups excluding carboxylic acids is 1. The van der Waals surface area contributed by atoms with Crippen LogP contribution in [0.25, 0.3) is 11.5 Å². The number of benzene rings is 2. The fourth-order valence-electron chi connectivity index (χ4n) is 2.88. The van der Waals surface area contributed by atoms with Crippen LogP contribution in [0.1, 0.15) is 17.5 Å². The molecule has 0 bridgehead atoms. The van der Waals surface area contributed by atoms with Gasteiger partial charge in [0.1, 0.15) is 5.75 Å². The Morgan fingerprint density at radius 2 is 1.89 bits per heavy atom. The summed E-state index contributed by atoms with van der Waals surface area (Å²) in [5.74, 6) is 0.763. The van der Waals surface area contributed by atoms with Crippen LogP contribution in [0.3, 0.4) is 0 Å². The highest BCUT2D eigenvalue weighted by atomic mass is 16.5. The number of carbonyl (C=O) groups is 1. The predicted octanol–water partition coefficient (Wildman–Crippen LogP) is 3.68. The molecule has 0 aliphatic rings. The van der Waals surface area contributed by atoms with E-state index in [9.17, 15) is 4.79 Å². The van der Waals surface area contributed by atoms with Gasteiger partial charge in [0.2, 0.25) is 12.3 Å². The minimum absolute atomic E-state index is 0.127. The topological polar surface area (TPSA) is 92.2 Å². The monoisotopic (exact) mass is 376 g/mol. The van der Waals surface area contributed by atoms with Crippen LogP contribution in [0.2, 0.25) is 0 Å². The average Bonchev–Trinajstić information content (AvgIpc) is 3.21. The number of amides is 1. The summed E-state index contributed by atoms with van der Waals surface area (Å²) in [6, 6.07) is 15.0. The molecule has 0 aliphatic heterocycles. The van der Waals surface area contributed by atoms with Gasteiger partial charge in [-0.25, -0.2) is 0 Å². The van der Waals surface area contributed by atoms with E-state index in [1.54, 1.807) is 29.2 Å². The molecule has 28 heavy (non-hydrogen) atoms. The van der Waals surface area contributed by atoms with Crippen LogP contribution in [0, 0.1) is 25.2 Å². The molecule has 7 heteroatoms. The first-order valence-electron chi connectivity index (χ1n) is 8.82. The van der Waals surface area contributed by atoms with Crippen molar-refractivity contribution >= 4 is 11.6 Å². The summed E-state index contributed by atoms with van der Waals surface area (Å²) in [7, 11) is 0. The van der Waals surface area contributed by atoms with E-state index in [1.807, 2.05) is 32.0 Å². The second-order valence-electron chi connectivity index (χ2n) is 6.36. The number of ether oxygens (including phenoxy) is 1. The molecule has 3 rings (SSSR count). The lowest BCUT2D eigenvalue weighted by Gasteiger charge is -2.23. The van der Waals surface area contributed by atoms with Crippen molar-refractivity contribution in [2.24, 2.45) is 0 Å². The van der Waals surface area contributed by atoms with Gasteiger partial charge in [0.15, 0.2) is 6.61 Å². The van der Waals surface area contributed by atoms with E-state index < -0.39 is 0 Å². The second kappa shape index (κ2) is 8.82. The van der Waals surface area contributed by atoms with Crippen molar-refractivity contribution in [2.75, 3.05) is 18.1 Å². The summed E-state index contributed by atoms with van der Waals surface area (Å²) < 4.78 is 10.8. The normalized spacial score (nSPS) is 10.3. The Morgan fingerprint density at radius 3 is 2.50 bits per heavy atom. The van der Waals surface area contributed by atoms with Gasteiger partial charge in [-0.1, -0.05) is 6.07 Å². The highest BCUT2D eigenvalue weighted by Crippen LogP contribution is 2.22. The zero-order valence-corrected chi connectivity index (χ0v) is 15.8. The van der Waals surface area contributed by atoms with Crippen molar-refractivity contribution in [1.82, 2.24) is 10.2 Å². The maximum Gasteiger partial charge on any atom is 0.264 e. The molecule has 1 amide bonds. The second-order valence-corrected chi connectivity index (χ2v) is 6.36. The largest absolute Gasteiger partial charge is 0.484 e. The van der Waals surface area contributed by atoms with Crippen LogP contribution in [-0.2, 0) is 4.79 Å². The highest BCUT2D eigenvalue weighted by Gasteiger charge is 2.17. The maximum atomic E-state index is 12.8. The van der Waals surface area contributed by atoms with Crippen LogP contribution >= 0.6 is 0 Å². The van der Waals surface area contributed by atoms with Gasteiger partial charge in [-0.05, 0) is 61.4 Å². The average molecular weight is 376 g/mol. The van der Waals surface area contributed by atoms with Gasteiger partial charge in [-0.15, -0.1) is 10.2 Å². The smallest absolute Gasteiger partial charge is 0.264 e. The maximum absolute atomic E-state index is 12.8. The number of aromatic nitrogens is 2. The number of rotatable bonds is 7. The molecule has 0 saturated heterocycles. The molecular weight excluding hydrogens is 356 g/mol. The molecule has 1 aromatic heterocycles. The van der Waals surface area contributed by atoms with Crippen LogP contribution in [0.5, 0.6) is 5.75 Å². The predicted molar refractivity (Wildman–Crippen MR) is 104 cm³/mol. The highest BCUT2D eigenvalue weighted by molar-refractivity contribution is 5.94. The Labute approximate surface area is 163 Å². The quantitative estimate of drug-likeness (QED) is 0.624. The zero-order valence-electron chi connectivity index (χ0n) is 15.8. The molecule has 3 aromatic rings. The molecule has 0 spiro atoms. The third-order valence-corrected chi connectivity index (χ3v) is 4.09. The number of hydrogen-bond donors (Lipinski definition) is 0. The zero-order chi connectivity index (χ0) is 19.9. The summed E-state index contributed by atoms with van der Waals surface area (Å²) in [5.41, 5.74) is 3.65. The number of hydrogen-bond acceptors (Lipinski definition) is 6. The molecule has 1 heterocycles. The molecule has 0 atom stereocenters. The van der Waals surface area contributed by atoms with Gasteiger partial charge >= 0.3 is 0 Å². The lowest BCUT2D eigenvalue weighted by atomic mass is 10.1. The summed E-state index contributed by atoms with van der Waals surface area (Å²) >= 11 is 0. The number of anilines is 1. The summed E-state index contributed by atoms with van der Waals surface area (Å²) in [4.78, 5) is 14.4. The number of nitriles is 1. The first kappa shape index (κ1) is 19.1. The van der Waals surface area contributed by atoms with Crippen LogP contribution in [-0.4, -0.2) is 29.3 Å². The number of aryl methyl sites for hydroxylation is 2. The fraction of sp³-hybridized carbons (Fsp3) is 0.238. The van der Waals surface area contributed by atoms with Crippen LogP contribution in [0.4, 0.5) is 5.69 Å². The SMILES string of the molecule is Cc1cc(C)cc(N(CCC#N)C(=O)COc2ccc(-c3nnco3)cc2)c1. The summed E-state index contributed by atoms with van der Waals surface area (Å²) in [5, 5.41) is 16.4. The van der Waals surface area contributed by atoms with E-state index >= 15 is 0 Å². The third kappa shape index (κ3) is 4.74. The van der Waals surface area contributed by atoms with Crippen molar-refractivity contribution in [1.29, 1.82) is 5.26 Å².